The Morgan fingerprint density at radius 3 is 2.07 bits per heavy atom. The van der Waals surface area contributed by atoms with Crippen LogP contribution in [0.3, 0.4) is 0 Å². The molecule has 0 N–H and O–H groups in total. The smallest absolute Gasteiger partial charge is 0.399 e. The number of aromatic nitrogens is 2. The Balaban J connectivity index is 0.000000271. The molecule has 2 saturated heterocycles. The SMILES string of the molecule is Brc1cncnc1.Cc1ccc(B2OC(C)(C)C(C)(C)O2)cc1C1OCCO1. The first-order chi connectivity index (χ1) is 13.2. The predicted octanol–water partition coefficient (Wildman–Crippen LogP) is 3.58. The molecule has 2 fully saturated rings. The number of hydrogen-bond donors (Lipinski definition) is 0. The van der Waals surface area contributed by atoms with Gasteiger partial charge in [-0.25, -0.2) is 9.97 Å². The highest BCUT2D eigenvalue weighted by Gasteiger charge is 2.51. The maximum Gasteiger partial charge on any atom is 0.494 e. The van der Waals surface area contributed by atoms with Gasteiger partial charge in [-0.05, 0) is 61.6 Å². The first-order valence-corrected chi connectivity index (χ1v) is 10.1. The number of rotatable bonds is 2. The van der Waals surface area contributed by atoms with Crippen LogP contribution < -0.4 is 5.46 Å². The molecular weight excluding hydrogens is 423 g/mol. The summed E-state index contributed by atoms with van der Waals surface area (Å²) in [6.07, 6.45) is 4.59. The summed E-state index contributed by atoms with van der Waals surface area (Å²) in [5.74, 6) is 0. The number of nitrogens with zero attached hydrogens (tertiary/aromatic N) is 2. The third-order valence-electron chi connectivity index (χ3n) is 5.23. The number of aryl methyl sites for hydroxylation is 1. The fourth-order valence-electron chi connectivity index (χ4n) is 2.86. The van der Waals surface area contributed by atoms with Gasteiger partial charge in [0.1, 0.15) is 6.33 Å². The fourth-order valence-corrected chi connectivity index (χ4v) is 3.09. The molecule has 6 nitrogen and oxygen atoms in total. The molecule has 1 aromatic heterocycles. The summed E-state index contributed by atoms with van der Waals surface area (Å²) >= 11 is 3.19. The second-order valence-electron chi connectivity index (χ2n) is 7.83. The van der Waals surface area contributed by atoms with E-state index in [1.807, 2.05) is 0 Å². The Kier molecular flexibility index (Phi) is 6.56. The van der Waals surface area contributed by atoms with E-state index in [0.717, 1.165) is 21.1 Å². The number of ether oxygens (including phenoxy) is 2. The molecule has 2 aromatic rings. The molecule has 0 saturated carbocycles. The van der Waals surface area contributed by atoms with Crippen LogP contribution in [-0.2, 0) is 18.8 Å². The molecule has 0 bridgehead atoms. The highest BCUT2D eigenvalue weighted by atomic mass is 79.9. The molecule has 2 aliphatic heterocycles. The zero-order chi connectivity index (χ0) is 20.4. The summed E-state index contributed by atoms with van der Waals surface area (Å²) in [6.45, 7) is 11.6. The van der Waals surface area contributed by atoms with E-state index in [2.05, 4.69) is 78.7 Å². The van der Waals surface area contributed by atoms with Crippen LogP contribution in [0.25, 0.3) is 0 Å². The third kappa shape index (κ3) is 4.80. The van der Waals surface area contributed by atoms with Crippen molar-refractivity contribution in [1.82, 2.24) is 9.97 Å². The van der Waals surface area contributed by atoms with E-state index in [0.29, 0.717) is 13.2 Å². The highest BCUT2D eigenvalue weighted by Crippen LogP contribution is 2.36. The second-order valence-corrected chi connectivity index (χ2v) is 8.75. The molecule has 2 aliphatic rings. The van der Waals surface area contributed by atoms with E-state index < -0.39 is 0 Å². The fraction of sp³-hybridized carbons (Fsp3) is 0.500. The standard InChI is InChI=1S/C16H23BO4.C4H3BrN2/c1-11-6-7-12(10-13(11)14-18-8-9-19-14)17-20-15(2,3)16(4,5)21-17;5-4-1-6-3-7-2-4/h6-7,10,14H,8-9H2,1-5H3;1-3H. The van der Waals surface area contributed by atoms with Gasteiger partial charge in [-0.2, -0.15) is 0 Å². The van der Waals surface area contributed by atoms with Crippen molar-refractivity contribution in [2.75, 3.05) is 13.2 Å². The van der Waals surface area contributed by atoms with Gasteiger partial charge >= 0.3 is 7.12 Å². The van der Waals surface area contributed by atoms with Crippen LogP contribution in [0.4, 0.5) is 0 Å². The Morgan fingerprint density at radius 1 is 1.00 bits per heavy atom. The van der Waals surface area contributed by atoms with Gasteiger partial charge in [-0.15, -0.1) is 0 Å². The average molecular weight is 449 g/mol. The van der Waals surface area contributed by atoms with Gasteiger partial charge in [-0.3, -0.25) is 0 Å². The van der Waals surface area contributed by atoms with Crippen molar-refractivity contribution in [3.05, 3.63) is 52.5 Å². The molecule has 0 amide bonds. The Hall–Kier alpha value is -1.32. The molecule has 0 unspecified atom stereocenters. The molecule has 0 aliphatic carbocycles. The van der Waals surface area contributed by atoms with Crippen LogP contribution >= 0.6 is 15.9 Å². The lowest BCUT2D eigenvalue weighted by molar-refractivity contribution is -0.0444. The minimum atomic E-state index is -0.351. The molecule has 0 atom stereocenters. The topological polar surface area (TPSA) is 62.7 Å². The average Bonchev–Trinajstić information content (AvgIpc) is 3.23. The molecule has 4 rings (SSSR count). The molecule has 3 heterocycles. The first-order valence-electron chi connectivity index (χ1n) is 9.29. The van der Waals surface area contributed by atoms with Gasteiger partial charge in [0.2, 0.25) is 0 Å². The molecule has 8 heteroatoms. The van der Waals surface area contributed by atoms with Gasteiger partial charge in [0.15, 0.2) is 6.29 Å². The lowest BCUT2D eigenvalue weighted by Gasteiger charge is -2.32. The van der Waals surface area contributed by atoms with Crippen LogP contribution in [0.5, 0.6) is 0 Å². The Labute approximate surface area is 175 Å². The summed E-state index contributed by atoms with van der Waals surface area (Å²) in [4.78, 5) is 7.45. The van der Waals surface area contributed by atoms with Crippen molar-refractivity contribution in [3.8, 4) is 0 Å². The number of halogens is 1. The van der Waals surface area contributed by atoms with Crippen LogP contribution in [-0.4, -0.2) is 41.5 Å². The maximum atomic E-state index is 6.10. The van der Waals surface area contributed by atoms with Crippen molar-refractivity contribution in [3.63, 3.8) is 0 Å². The van der Waals surface area contributed by atoms with E-state index in [-0.39, 0.29) is 24.6 Å². The minimum absolute atomic E-state index is 0.271. The number of hydrogen-bond acceptors (Lipinski definition) is 6. The molecular formula is C20H26BBrN2O4. The van der Waals surface area contributed by atoms with E-state index in [1.165, 1.54) is 6.33 Å². The van der Waals surface area contributed by atoms with E-state index >= 15 is 0 Å². The van der Waals surface area contributed by atoms with E-state index in [9.17, 15) is 0 Å². The predicted molar refractivity (Wildman–Crippen MR) is 111 cm³/mol. The normalized spacial score (nSPS) is 20.7. The van der Waals surface area contributed by atoms with Crippen molar-refractivity contribution in [2.45, 2.75) is 52.1 Å². The van der Waals surface area contributed by atoms with Crippen LogP contribution in [0.2, 0.25) is 0 Å². The zero-order valence-electron chi connectivity index (χ0n) is 16.9. The number of benzene rings is 1. The summed E-state index contributed by atoms with van der Waals surface area (Å²) in [5, 5.41) is 0. The second kappa shape index (κ2) is 8.59. The lowest BCUT2D eigenvalue weighted by Crippen LogP contribution is -2.41. The largest absolute Gasteiger partial charge is 0.494 e. The van der Waals surface area contributed by atoms with Crippen molar-refractivity contribution in [1.29, 1.82) is 0 Å². The minimum Gasteiger partial charge on any atom is -0.399 e. The summed E-state index contributed by atoms with van der Waals surface area (Å²) in [6, 6.07) is 6.20. The monoisotopic (exact) mass is 448 g/mol. The van der Waals surface area contributed by atoms with Crippen molar-refractivity contribution in [2.24, 2.45) is 0 Å². The third-order valence-corrected chi connectivity index (χ3v) is 5.64. The van der Waals surface area contributed by atoms with Crippen molar-refractivity contribution >= 4 is 28.5 Å². The zero-order valence-corrected chi connectivity index (χ0v) is 18.5. The van der Waals surface area contributed by atoms with Crippen LogP contribution in [0.1, 0.15) is 45.1 Å². The summed E-state index contributed by atoms with van der Waals surface area (Å²) in [7, 11) is -0.351. The molecule has 0 radical (unpaired) electrons. The molecule has 150 valence electrons. The quantitative estimate of drug-likeness (QED) is 0.654. The Morgan fingerprint density at radius 2 is 1.57 bits per heavy atom. The van der Waals surface area contributed by atoms with Crippen molar-refractivity contribution < 1.29 is 18.8 Å². The maximum absolute atomic E-state index is 6.10. The van der Waals surface area contributed by atoms with Gasteiger partial charge < -0.3 is 18.8 Å². The van der Waals surface area contributed by atoms with Gasteiger partial charge in [0, 0.05) is 18.0 Å². The summed E-state index contributed by atoms with van der Waals surface area (Å²) in [5.41, 5.74) is 2.56. The molecule has 28 heavy (non-hydrogen) atoms. The van der Waals surface area contributed by atoms with Gasteiger partial charge in [0.05, 0.1) is 28.9 Å². The Bertz CT molecular complexity index is 782. The van der Waals surface area contributed by atoms with E-state index in [1.54, 1.807) is 12.4 Å². The first kappa shape index (κ1) is 21.4. The molecule has 1 aromatic carbocycles. The molecule has 0 spiro atoms. The van der Waals surface area contributed by atoms with Crippen LogP contribution in [0, 0.1) is 6.92 Å². The van der Waals surface area contributed by atoms with Gasteiger partial charge in [-0.1, -0.05) is 18.2 Å². The van der Waals surface area contributed by atoms with Gasteiger partial charge in [0.25, 0.3) is 0 Å². The highest BCUT2D eigenvalue weighted by molar-refractivity contribution is 9.10. The van der Waals surface area contributed by atoms with E-state index in [4.69, 9.17) is 18.8 Å². The summed E-state index contributed by atoms with van der Waals surface area (Å²) < 4.78 is 24.4. The van der Waals surface area contributed by atoms with Crippen LogP contribution in [0.15, 0.2) is 41.4 Å². The lowest BCUT2D eigenvalue weighted by atomic mass is 9.77.